The molecule has 0 saturated carbocycles. The lowest BCUT2D eigenvalue weighted by atomic mass is 10.1. The fourth-order valence-electron chi connectivity index (χ4n) is 1.94. The fraction of sp³-hybridized carbons (Fsp3) is 0.400. The molecule has 1 aromatic carbocycles. The van der Waals surface area contributed by atoms with Gasteiger partial charge in [0.15, 0.2) is 18.0 Å². The third kappa shape index (κ3) is 3.39. The zero-order valence-corrected chi connectivity index (χ0v) is 12.1. The van der Waals surface area contributed by atoms with Crippen LogP contribution in [0.25, 0.3) is 11.0 Å². The van der Waals surface area contributed by atoms with Crippen LogP contribution in [0.3, 0.4) is 0 Å². The molecule has 6 nitrogen and oxygen atoms in total. The van der Waals surface area contributed by atoms with Crippen LogP contribution >= 0.6 is 0 Å². The maximum atomic E-state index is 5.62. The third-order valence-electron chi connectivity index (χ3n) is 3.15. The number of hydrogen-bond donors (Lipinski definition) is 0. The summed E-state index contributed by atoms with van der Waals surface area (Å²) in [6, 6.07) is 5.54. The molecule has 3 rings (SSSR count). The van der Waals surface area contributed by atoms with Crippen molar-refractivity contribution >= 4 is 11.0 Å². The zero-order chi connectivity index (χ0) is 14.7. The Morgan fingerprint density at radius 3 is 3.00 bits per heavy atom. The Labute approximate surface area is 122 Å². The first-order valence-electron chi connectivity index (χ1n) is 6.99. The molecule has 2 aromatic heterocycles. The molecule has 0 aliphatic heterocycles. The first-order valence-corrected chi connectivity index (χ1v) is 6.99. The summed E-state index contributed by atoms with van der Waals surface area (Å²) in [5, 5.41) is 8.62. The van der Waals surface area contributed by atoms with E-state index in [0.29, 0.717) is 23.1 Å². The molecule has 3 aromatic rings. The average molecular weight is 287 g/mol. The van der Waals surface area contributed by atoms with Crippen molar-refractivity contribution in [2.75, 3.05) is 0 Å². The van der Waals surface area contributed by atoms with Gasteiger partial charge in [-0.2, -0.15) is 4.98 Å². The number of fused-ring (bicyclic) bond motifs is 1. The first kappa shape index (κ1) is 13.6. The Morgan fingerprint density at radius 2 is 2.14 bits per heavy atom. The molecule has 110 valence electrons. The van der Waals surface area contributed by atoms with Gasteiger partial charge in [-0.05, 0) is 24.5 Å². The van der Waals surface area contributed by atoms with E-state index < -0.39 is 0 Å². The highest BCUT2D eigenvalue weighted by Crippen LogP contribution is 2.21. The van der Waals surface area contributed by atoms with Crippen LogP contribution in [0, 0.1) is 5.92 Å². The van der Waals surface area contributed by atoms with E-state index >= 15 is 0 Å². The summed E-state index contributed by atoms with van der Waals surface area (Å²) in [6.07, 6.45) is 3.53. The van der Waals surface area contributed by atoms with E-state index in [1.54, 1.807) is 12.3 Å². The number of aryl methyl sites for hydroxylation is 1. The van der Waals surface area contributed by atoms with Crippen molar-refractivity contribution in [2.24, 2.45) is 5.92 Å². The summed E-state index contributed by atoms with van der Waals surface area (Å²) in [7, 11) is 0. The van der Waals surface area contributed by atoms with Gasteiger partial charge in [-0.25, -0.2) is 0 Å². The van der Waals surface area contributed by atoms with Crippen LogP contribution in [0.2, 0.25) is 0 Å². The lowest BCUT2D eigenvalue weighted by Crippen LogP contribution is -1.97. The van der Waals surface area contributed by atoms with Crippen LogP contribution in [0.4, 0.5) is 0 Å². The van der Waals surface area contributed by atoms with E-state index in [9.17, 15) is 0 Å². The van der Waals surface area contributed by atoms with Gasteiger partial charge in [0, 0.05) is 17.9 Å². The van der Waals surface area contributed by atoms with Gasteiger partial charge in [0.2, 0.25) is 0 Å². The molecule has 0 saturated heterocycles. The number of ether oxygens (including phenoxy) is 1. The Bertz CT molecular complexity index is 718. The average Bonchev–Trinajstić information content (AvgIpc) is 3.11. The molecule has 0 N–H and O–H groups in total. The summed E-state index contributed by atoms with van der Waals surface area (Å²) in [5.41, 5.74) is 0.690. The summed E-state index contributed by atoms with van der Waals surface area (Å²) in [5.74, 6) is 2.51. The second kappa shape index (κ2) is 5.95. The van der Waals surface area contributed by atoms with Crippen LogP contribution in [-0.4, -0.2) is 15.3 Å². The lowest BCUT2D eigenvalue weighted by Gasteiger charge is -2.01. The number of hydrogen-bond acceptors (Lipinski definition) is 6. The van der Waals surface area contributed by atoms with Gasteiger partial charge in [-0.1, -0.05) is 24.2 Å². The monoisotopic (exact) mass is 287 g/mol. The van der Waals surface area contributed by atoms with Crippen LogP contribution in [0.15, 0.2) is 33.4 Å². The molecule has 2 heterocycles. The van der Waals surface area contributed by atoms with E-state index in [0.717, 1.165) is 24.1 Å². The van der Waals surface area contributed by atoms with E-state index in [1.807, 2.05) is 12.1 Å². The maximum Gasteiger partial charge on any atom is 0.264 e. The summed E-state index contributed by atoms with van der Waals surface area (Å²) < 4.78 is 15.9. The Kier molecular flexibility index (Phi) is 3.85. The molecule has 0 aliphatic carbocycles. The molecule has 0 radical (unpaired) electrons. The minimum atomic E-state index is 0.244. The molecule has 0 fully saturated rings. The van der Waals surface area contributed by atoms with Crippen molar-refractivity contribution < 1.29 is 13.8 Å². The SMILES string of the molecule is CC(C)CCc1noc(COc2ccc3cnoc3c2)n1. The Hall–Kier alpha value is -2.37. The predicted octanol–water partition coefficient (Wildman–Crippen LogP) is 3.38. The van der Waals surface area contributed by atoms with Crippen molar-refractivity contribution in [1.29, 1.82) is 0 Å². The summed E-state index contributed by atoms with van der Waals surface area (Å²) >= 11 is 0. The highest BCUT2D eigenvalue weighted by molar-refractivity contribution is 5.77. The zero-order valence-electron chi connectivity index (χ0n) is 12.1. The van der Waals surface area contributed by atoms with Crippen molar-refractivity contribution in [2.45, 2.75) is 33.3 Å². The number of rotatable bonds is 6. The van der Waals surface area contributed by atoms with Gasteiger partial charge in [0.1, 0.15) is 5.75 Å². The van der Waals surface area contributed by atoms with Gasteiger partial charge < -0.3 is 13.8 Å². The van der Waals surface area contributed by atoms with Gasteiger partial charge >= 0.3 is 0 Å². The van der Waals surface area contributed by atoms with Gasteiger partial charge in [0.05, 0.1) is 6.20 Å². The van der Waals surface area contributed by atoms with Crippen LogP contribution < -0.4 is 4.74 Å². The smallest absolute Gasteiger partial charge is 0.264 e. The van der Waals surface area contributed by atoms with Crippen LogP contribution in [-0.2, 0) is 13.0 Å². The third-order valence-corrected chi connectivity index (χ3v) is 3.15. The number of nitrogens with zero attached hydrogens (tertiary/aromatic N) is 3. The largest absolute Gasteiger partial charge is 0.484 e. The van der Waals surface area contributed by atoms with E-state index in [4.69, 9.17) is 13.8 Å². The second-order valence-electron chi connectivity index (χ2n) is 5.35. The standard InChI is InChI=1S/C15H17N3O3/c1-10(2)3-6-14-17-15(21-18-14)9-19-12-5-4-11-8-16-20-13(11)7-12/h4-5,7-8,10H,3,6,9H2,1-2H3. The van der Waals surface area contributed by atoms with Gasteiger partial charge in [-0.15, -0.1) is 0 Å². The molecule has 0 unspecified atom stereocenters. The normalized spacial score (nSPS) is 11.4. The lowest BCUT2D eigenvalue weighted by molar-refractivity contribution is 0.242. The molecular weight excluding hydrogens is 270 g/mol. The molecule has 0 aliphatic rings. The van der Waals surface area contributed by atoms with Crippen molar-refractivity contribution in [3.8, 4) is 5.75 Å². The topological polar surface area (TPSA) is 74.2 Å². The highest BCUT2D eigenvalue weighted by atomic mass is 16.5. The Balaban J connectivity index is 1.59. The van der Waals surface area contributed by atoms with Gasteiger partial charge in [-0.3, -0.25) is 0 Å². The molecule has 0 spiro atoms. The molecule has 0 bridgehead atoms. The number of aromatic nitrogens is 3. The fourth-order valence-corrected chi connectivity index (χ4v) is 1.94. The van der Waals surface area contributed by atoms with E-state index in [2.05, 4.69) is 29.1 Å². The molecule has 0 atom stereocenters. The molecule has 21 heavy (non-hydrogen) atoms. The van der Waals surface area contributed by atoms with Crippen LogP contribution in [0.5, 0.6) is 5.75 Å². The summed E-state index contributed by atoms with van der Waals surface area (Å²) in [4.78, 5) is 4.31. The summed E-state index contributed by atoms with van der Waals surface area (Å²) in [6.45, 7) is 4.59. The molecule has 6 heteroatoms. The van der Waals surface area contributed by atoms with E-state index in [-0.39, 0.29) is 6.61 Å². The van der Waals surface area contributed by atoms with Crippen molar-refractivity contribution in [1.82, 2.24) is 15.3 Å². The van der Waals surface area contributed by atoms with Crippen molar-refractivity contribution in [3.05, 3.63) is 36.1 Å². The highest BCUT2D eigenvalue weighted by Gasteiger charge is 2.08. The predicted molar refractivity (Wildman–Crippen MR) is 75.8 cm³/mol. The Morgan fingerprint density at radius 1 is 1.24 bits per heavy atom. The molecular formula is C15H17N3O3. The minimum absolute atomic E-state index is 0.244. The van der Waals surface area contributed by atoms with Gasteiger partial charge in [0.25, 0.3) is 5.89 Å². The van der Waals surface area contributed by atoms with Crippen molar-refractivity contribution in [3.63, 3.8) is 0 Å². The first-order chi connectivity index (χ1) is 10.2. The second-order valence-corrected chi connectivity index (χ2v) is 5.35. The minimum Gasteiger partial charge on any atom is -0.484 e. The molecule has 0 amide bonds. The number of benzene rings is 1. The maximum absolute atomic E-state index is 5.62. The van der Waals surface area contributed by atoms with Crippen LogP contribution in [0.1, 0.15) is 32.0 Å². The quantitative estimate of drug-likeness (QED) is 0.692. The van der Waals surface area contributed by atoms with E-state index in [1.165, 1.54) is 0 Å².